The zero-order valence-corrected chi connectivity index (χ0v) is 12.2. The van der Waals surface area contributed by atoms with E-state index in [1.807, 2.05) is 13.8 Å². The predicted molar refractivity (Wildman–Crippen MR) is 77.4 cm³/mol. The van der Waals surface area contributed by atoms with Crippen molar-refractivity contribution >= 4 is 5.91 Å². The van der Waals surface area contributed by atoms with Crippen molar-refractivity contribution in [3.63, 3.8) is 0 Å². The van der Waals surface area contributed by atoms with Gasteiger partial charge in [-0.1, -0.05) is 18.2 Å². The normalized spacial score (nSPS) is 14.2. The second-order valence-corrected chi connectivity index (χ2v) is 5.56. The van der Waals surface area contributed by atoms with Gasteiger partial charge in [0.2, 0.25) is 0 Å². The van der Waals surface area contributed by atoms with E-state index in [0.717, 1.165) is 18.5 Å². The minimum atomic E-state index is -0.267. The van der Waals surface area contributed by atoms with Crippen molar-refractivity contribution in [1.82, 2.24) is 15.1 Å². The smallest absolute Gasteiger partial charge is 0.258 e. The molecule has 1 aromatic heterocycles. The molecule has 21 heavy (non-hydrogen) atoms. The number of halogens is 1. The van der Waals surface area contributed by atoms with Crippen molar-refractivity contribution in [2.75, 3.05) is 0 Å². The van der Waals surface area contributed by atoms with Crippen LogP contribution in [0.3, 0.4) is 0 Å². The molecule has 1 aliphatic rings. The van der Waals surface area contributed by atoms with Gasteiger partial charge in [0.1, 0.15) is 5.82 Å². The third kappa shape index (κ3) is 2.68. The van der Waals surface area contributed by atoms with Gasteiger partial charge in [0, 0.05) is 23.8 Å². The lowest BCUT2D eigenvalue weighted by Gasteiger charge is -2.23. The zero-order chi connectivity index (χ0) is 15.0. The van der Waals surface area contributed by atoms with Crippen molar-refractivity contribution in [3.8, 4) is 0 Å². The number of H-pyrrole nitrogens is 1. The van der Waals surface area contributed by atoms with E-state index in [-0.39, 0.29) is 17.8 Å². The highest BCUT2D eigenvalue weighted by Crippen LogP contribution is 2.31. The van der Waals surface area contributed by atoms with E-state index in [2.05, 4.69) is 10.2 Å². The quantitative estimate of drug-likeness (QED) is 0.940. The fourth-order valence-electron chi connectivity index (χ4n) is 2.57. The van der Waals surface area contributed by atoms with E-state index in [1.165, 1.54) is 6.07 Å². The molecule has 5 heteroatoms. The van der Waals surface area contributed by atoms with E-state index in [1.54, 1.807) is 23.1 Å². The van der Waals surface area contributed by atoms with Crippen LogP contribution in [0.5, 0.6) is 0 Å². The van der Waals surface area contributed by atoms with E-state index in [0.29, 0.717) is 23.4 Å². The van der Waals surface area contributed by atoms with E-state index in [4.69, 9.17) is 0 Å². The first-order valence-corrected chi connectivity index (χ1v) is 7.14. The first-order chi connectivity index (χ1) is 10.1. The number of carbonyl (C=O) groups excluding carboxylic acids is 1. The molecule has 0 saturated heterocycles. The fraction of sp³-hybridized carbons (Fsp3) is 0.375. The fourth-order valence-corrected chi connectivity index (χ4v) is 2.57. The van der Waals surface area contributed by atoms with Crippen molar-refractivity contribution < 1.29 is 9.18 Å². The Morgan fingerprint density at radius 2 is 2.10 bits per heavy atom. The number of carbonyl (C=O) groups is 1. The molecule has 1 aromatic carbocycles. The van der Waals surface area contributed by atoms with E-state index >= 15 is 0 Å². The van der Waals surface area contributed by atoms with Crippen LogP contribution < -0.4 is 0 Å². The summed E-state index contributed by atoms with van der Waals surface area (Å²) in [6.07, 6.45) is 1.96. The summed E-state index contributed by atoms with van der Waals surface area (Å²) in [5.41, 5.74) is 2.61. The Bertz CT molecular complexity index is 656. The maximum atomic E-state index is 13.8. The molecule has 2 aromatic rings. The number of hydrogen-bond acceptors (Lipinski definition) is 2. The van der Waals surface area contributed by atoms with Crippen LogP contribution in [0.2, 0.25) is 0 Å². The Morgan fingerprint density at radius 1 is 1.38 bits per heavy atom. The summed E-state index contributed by atoms with van der Waals surface area (Å²) in [6.45, 7) is 3.95. The highest BCUT2D eigenvalue weighted by molar-refractivity contribution is 5.96. The van der Waals surface area contributed by atoms with Crippen molar-refractivity contribution in [2.45, 2.75) is 39.3 Å². The molecule has 1 N–H and O–H groups in total. The Hall–Kier alpha value is -2.17. The molecule has 0 aliphatic heterocycles. The zero-order valence-electron chi connectivity index (χ0n) is 12.2. The molecule has 1 fully saturated rings. The molecule has 3 rings (SSSR count). The Kier molecular flexibility index (Phi) is 3.49. The van der Waals surface area contributed by atoms with Crippen LogP contribution in [-0.4, -0.2) is 27.0 Å². The number of rotatable bonds is 4. The molecule has 1 heterocycles. The molecule has 4 nitrogen and oxygen atoms in total. The number of amides is 1. The van der Waals surface area contributed by atoms with Gasteiger partial charge in [0.25, 0.3) is 5.91 Å². The Labute approximate surface area is 123 Å². The van der Waals surface area contributed by atoms with Gasteiger partial charge in [0.15, 0.2) is 0 Å². The van der Waals surface area contributed by atoms with E-state index < -0.39 is 0 Å². The molecule has 1 aliphatic carbocycles. The van der Waals surface area contributed by atoms with Crippen LogP contribution in [0, 0.1) is 19.7 Å². The lowest BCUT2D eigenvalue weighted by atomic mass is 10.1. The highest BCUT2D eigenvalue weighted by atomic mass is 19.1. The van der Waals surface area contributed by atoms with Crippen LogP contribution >= 0.6 is 0 Å². The van der Waals surface area contributed by atoms with Crippen LogP contribution in [0.25, 0.3) is 0 Å². The highest BCUT2D eigenvalue weighted by Gasteiger charge is 2.35. The van der Waals surface area contributed by atoms with Gasteiger partial charge in [-0.2, -0.15) is 5.10 Å². The summed E-state index contributed by atoms with van der Waals surface area (Å²) in [5, 5.41) is 6.91. The minimum Gasteiger partial charge on any atom is -0.331 e. The van der Waals surface area contributed by atoms with E-state index in [9.17, 15) is 9.18 Å². The van der Waals surface area contributed by atoms with Crippen LogP contribution in [-0.2, 0) is 6.54 Å². The summed E-state index contributed by atoms with van der Waals surface area (Å²) < 4.78 is 13.8. The summed E-state index contributed by atoms with van der Waals surface area (Å²) >= 11 is 0. The monoisotopic (exact) mass is 287 g/mol. The summed E-state index contributed by atoms with van der Waals surface area (Å²) in [7, 11) is 0. The number of aromatic nitrogens is 2. The summed E-state index contributed by atoms with van der Waals surface area (Å²) in [6, 6.07) is 6.83. The summed E-state index contributed by atoms with van der Waals surface area (Å²) in [5.74, 6) is -0.332. The molecule has 0 bridgehead atoms. The molecule has 1 amide bonds. The first-order valence-electron chi connectivity index (χ1n) is 7.14. The van der Waals surface area contributed by atoms with Gasteiger partial charge in [-0.05, 0) is 32.8 Å². The number of benzene rings is 1. The first kappa shape index (κ1) is 13.8. The number of aromatic amines is 1. The third-order valence-corrected chi connectivity index (χ3v) is 3.89. The standard InChI is InChI=1S/C16H18FN3O/c1-10-15(11(2)19-18-10)16(21)20(13-7-8-13)9-12-5-3-4-6-14(12)17/h3-6,13H,7-9H2,1-2H3,(H,18,19). The topological polar surface area (TPSA) is 49.0 Å². The molecule has 0 atom stereocenters. The lowest BCUT2D eigenvalue weighted by Crippen LogP contribution is -2.33. The van der Waals surface area contributed by atoms with Gasteiger partial charge >= 0.3 is 0 Å². The molecular weight excluding hydrogens is 269 g/mol. The molecule has 110 valence electrons. The SMILES string of the molecule is Cc1n[nH]c(C)c1C(=O)N(Cc1ccccc1F)C1CC1. The number of aryl methyl sites for hydroxylation is 2. The molecule has 0 unspecified atom stereocenters. The Morgan fingerprint density at radius 3 is 2.67 bits per heavy atom. The third-order valence-electron chi connectivity index (χ3n) is 3.89. The maximum Gasteiger partial charge on any atom is 0.258 e. The van der Waals surface area contributed by atoms with Gasteiger partial charge < -0.3 is 4.90 Å². The van der Waals surface area contributed by atoms with Crippen LogP contribution in [0.1, 0.15) is 40.2 Å². The summed E-state index contributed by atoms with van der Waals surface area (Å²) in [4.78, 5) is 14.6. The average molecular weight is 287 g/mol. The van der Waals surface area contributed by atoms with Crippen LogP contribution in [0.4, 0.5) is 4.39 Å². The average Bonchev–Trinajstić information content (AvgIpc) is 3.23. The number of nitrogens with zero attached hydrogens (tertiary/aromatic N) is 2. The molecule has 0 radical (unpaired) electrons. The van der Waals surface area contributed by atoms with Crippen LogP contribution in [0.15, 0.2) is 24.3 Å². The van der Waals surface area contributed by atoms with Gasteiger partial charge in [-0.3, -0.25) is 9.89 Å². The van der Waals surface area contributed by atoms with Crippen molar-refractivity contribution in [3.05, 3.63) is 52.6 Å². The van der Waals surface area contributed by atoms with Gasteiger partial charge in [0.05, 0.1) is 11.3 Å². The van der Waals surface area contributed by atoms with Crippen molar-refractivity contribution in [2.24, 2.45) is 0 Å². The second kappa shape index (κ2) is 5.31. The molecule has 0 spiro atoms. The Balaban J connectivity index is 1.89. The largest absolute Gasteiger partial charge is 0.331 e. The lowest BCUT2D eigenvalue weighted by molar-refractivity contribution is 0.0727. The minimum absolute atomic E-state index is 0.0653. The second-order valence-electron chi connectivity index (χ2n) is 5.56. The number of hydrogen-bond donors (Lipinski definition) is 1. The van der Waals surface area contributed by atoms with Gasteiger partial charge in [-0.15, -0.1) is 0 Å². The predicted octanol–water partition coefficient (Wildman–Crippen LogP) is 2.97. The molecular formula is C16H18FN3O. The number of nitrogens with one attached hydrogen (secondary N) is 1. The maximum absolute atomic E-state index is 13.8. The molecule has 1 saturated carbocycles. The van der Waals surface area contributed by atoms with Crippen molar-refractivity contribution in [1.29, 1.82) is 0 Å². The van der Waals surface area contributed by atoms with Gasteiger partial charge in [-0.25, -0.2) is 4.39 Å².